The molecule has 0 aliphatic heterocycles. The summed E-state index contributed by atoms with van der Waals surface area (Å²) in [6.07, 6.45) is 9.49. The molecule has 7 heteroatoms. The molecule has 6 nitrogen and oxygen atoms in total. The van der Waals surface area contributed by atoms with Gasteiger partial charge in [0.05, 0.1) is 11.2 Å². The van der Waals surface area contributed by atoms with E-state index >= 15 is 0 Å². The molecule has 0 saturated heterocycles. The molecule has 0 unspecified atom stereocenters. The normalized spacial score (nSPS) is 16.0. The highest BCUT2D eigenvalue weighted by Gasteiger charge is 2.21. The summed E-state index contributed by atoms with van der Waals surface area (Å²) >= 11 is 0. The highest BCUT2D eigenvalue weighted by molar-refractivity contribution is 7.89. The summed E-state index contributed by atoms with van der Waals surface area (Å²) in [6, 6.07) is 9.64. The summed E-state index contributed by atoms with van der Waals surface area (Å²) < 4.78 is 32.8. The van der Waals surface area contributed by atoms with E-state index in [9.17, 15) is 13.2 Å². The van der Waals surface area contributed by atoms with Crippen molar-refractivity contribution in [2.24, 2.45) is 0 Å². The first-order valence-electron chi connectivity index (χ1n) is 8.68. The lowest BCUT2D eigenvalue weighted by Crippen LogP contribution is -2.36. The monoisotopic (exact) mass is 374 g/mol. The zero-order valence-electron chi connectivity index (χ0n) is 14.4. The predicted octanol–water partition coefficient (Wildman–Crippen LogP) is 3.54. The number of sulfonamides is 1. The Morgan fingerprint density at radius 3 is 2.46 bits per heavy atom. The number of furan rings is 1. The van der Waals surface area contributed by atoms with Gasteiger partial charge in [-0.2, -0.15) is 0 Å². The third-order valence-electron chi connectivity index (χ3n) is 4.30. The Hall–Kier alpha value is -2.38. The Bertz CT molecular complexity index is 849. The highest BCUT2D eigenvalue weighted by atomic mass is 32.2. The van der Waals surface area contributed by atoms with E-state index in [1.165, 1.54) is 30.9 Å². The summed E-state index contributed by atoms with van der Waals surface area (Å²) in [5.74, 6) is 0.257. The first-order valence-corrected chi connectivity index (χ1v) is 10.2. The molecule has 1 saturated carbocycles. The molecule has 1 amide bonds. The van der Waals surface area contributed by atoms with Gasteiger partial charge in [0.2, 0.25) is 15.9 Å². The third-order valence-corrected chi connectivity index (χ3v) is 5.84. The second-order valence-corrected chi connectivity index (χ2v) is 8.03. The van der Waals surface area contributed by atoms with Crippen molar-refractivity contribution < 1.29 is 17.6 Å². The Morgan fingerprint density at radius 1 is 1.08 bits per heavy atom. The van der Waals surface area contributed by atoms with Crippen LogP contribution in [0.4, 0.5) is 5.69 Å². The fraction of sp³-hybridized carbons (Fsp3) is 0.316. The molecule has 0 bridgehead atoms. The maximum atomic E-state index is 12.4. The smallest absolute Gasteiger partial charge is 0.248 e. The van der Waals surface area contributed by atoms with Crippen molar-refractivity contribution >= 4 is 27.7 Å². The van der Waals surface area contributed by atoms with E-state index < -0.39 is 10.0 Å². The van der Waals surface area contributed by atoms with Crippen LogP contribution in [0.5, 0.6) is 0 Å². The van der Waals surface area contributed by atoms with Crippen molar-refractivity contribution in [2.45, 2.75) is 43.0 Å². The van der Waals surface area contributed by atoms with Crippen molar-refractivity contribution in [3.8, 4) is 0 Å². The van der Waals surface area contributed by atoms with E-state index in [0.29, 0.717) is 11.4 Å². The van der Waals surface area contributed by atoms with E-state index in [4.69, 9.17) is 4.42 Å². The van der Waals surface area contributed by atoms with Gasteiger partial charge in [-0.1, -0.05) is 19.3 Å². The van der Waals surface area contributed by atoms with Crippen LogP contribution in [-0.4, -0.2) is 20.4 Å². The van der Waals surface area contributed by atoms with Gasteiger partial charge >= 0.3 is 0 Å². The molecule has 26 heavy (non-hydrogen) atoms. The minimum atomic E-state index is -3.53. The molecule has 3 rings (SSSR count). The molecule has 1 aromatic carbocycles. The molecular formula is C19H22N2O4S. The number of rotatable bonds is 6. The lowest BCUT2D eigenvalue weighted by Gasteiger charge is -2.22. The zero-order chi connectivity index (χ0) is 18.4. The van der Waals surface area contributed by atoms with Gasteiger partial charge in [-0.15, -0.1) is 0 Å². The number of amides is 1. The Labute approximate surface area is 153 Å². The summed E-state index contributed by atoms with van der Waals surface area (Å²) in [4.78, 5) is 12.1. The largest absolute Gasteiger partial charge is 0.465 e. The third kappa shape index (κ3) is 5.06. The Kier molecular flexibility index (Phi) is 5.90. The highest BCUT2D eigenvalue weighted by Crippen LogP contribution is 2.20. The van der Waals surface area contributed by atoms with Crippen LogP contribution < -0.4 is 10.0 Å². The van der Waals surface area contributed by atoms with Crippen LogP contribution in [0.3, 0.4) is 0 Å². The van der Waals surface area contributed by atoms with Gasteiger partial charge in [0, 0.05) is 17.8 Å². The summed E-state index contributed by atoms with van der Waals surface area (Å²) in [6.45, 7) is 0. The fourth-order valence-corrected chi connectivity index (χ4v) is 4.26. The maximum absolute atomic E-state index is 12.4. The number of carbonyl (C=O) groups is 1. The number of carbonyl (C=O) groups excluding carboxylic acids is 1. The number of hydrogen-bond donors (Lipinski definition) is 2. The molecule has 138 valence electrons. The van der Waals surface area contributed by atoms with Gasteiger partial charge in [0.15, 0.2) is 0 Å². The molecular weight excluding hydrogens is 352 g/mol. The molecule has 0 radical (unpaired) electrons. The van der Waals surface area contributed by atoms with Crippen LogP contribution in [0.15, 0.2) is 58.1 Å². The van der Waals surface area contributed by atoms with Crippen LogP contribution in [0, 0.1) is 0 Å². The first kappa shape index (κ1) is 18.4. The molecule has 1 fully saturated rings. The van der Waals surface area contributed by atoms with Crippen molar-refractivity contribution in [3.63, 3.8) is 0 Å². The second-order valence-electron chi connectivity index (χ2n) is 6.32. The van der Waals surface area contributed by atoms with Crippen molar-refractivity contribution in [3.05, 3.63) is 54.5 Å². The molecule has 1 heterocycles. The quantitative estimate of drug-likeness (QED) is 0.757. The van der Waals surface area contributed by atoms with Gasteiger partial charge in [-0.25, -0.2) is 13.1 Å². The summed E-state index contributed by atoms with van der Waals surface area (Å²) in [7, 11) is -3.53. The zero-order valence-corrected chi connectivity index (χ0v) is 15.2. The van der Waals surface area contributed by atoms with Crippen molar-refractivity contribution in [1.82, 2.24) is 4.72 Å². The van der Waals surface area contributed by atoms with Crippen LogP contribution in [0.2, 0.25) is 0 Å². The van der Waals surface area contributed by atoms with Crippen molar-refractivity contribution in [2.75, 3.05) is 5.32 Å². The summed E-state index contributed by atoms with van der Waals surface area (Å²) in [5, 5.41) is 2.68. The minimum absolute atomic E-state index is 0.0138. The number of anilines is 1. The van der Waals surface area contributed by atoms with Crippen LogP contribution in [-0.2, 0) is 14.8 Å². The van der Waals surface area contributed by atoms with Crippen LogP contribution in [0.1, 0.15) is 37.9 Å². The van der Waals surface area contributed by atoms with E-state index in [0.717, 1.165) is 25.7 Å². The average molecular weight is 374 g/mol. The molecule has 2 aromatic rings. The number of benzene rings is 1. The topological polar surface area (TPSA) is 88.4 Å². The molecule has 2 N–H and O–H groups in total. The standard InChI is InChI=1S/C19H22N2O4S/c22-19(13-10-17-7-4-14-25-17)20-15-8-11-18(12-9-15)26(23,24)21-16-5-2-1-3-6-16/h4,7-14,16,21H,1-3,5-6H2,(H,20,22)/b13-10+. The molecule has 0 atom stereocenters. The second kappa shape index (κ2) is 8.33. The molecule has 1 aliphatic rings. The van der Waals surface area contributed by atoms with Gasteiger partial charge in [0.1, 0.15) is 5.76 Å². The van der Waals surface area contributed by atoms with Gasteiger partial charge < -0.3 is 9.73 Å². The maximum Gasteiger partial charge on any atom is 0.248 e. The fourth-order valence-electron chi connectivity index (χ4n) is 2.95. The van der Waals surface area contributed by atoms with E-state index in [1.54, 1.807) is 30.3 Å². The van der Waals surface area contributed by atoms with Gasteiger partial charge in [0.25, 0.3) is 0 Å². The number of hydrogen-bond acceptors (Lipinski definition) is 4. The Morgan fingerprint density at radius 2 is 1.81 bits per heavy atom. The van der Waals surface area contributed by atoms with Crippen LogP contribution >= 0.6 is 0 Å². The Balaban J connectivity index is 1.59. The SMILES string of the molecule is O=C(/C=C/c1ccco1)Nc1ccc(S(=O)(=O)NC2CCCCC2)cc1. The van der Waals surface area contributed by atoms with Gasteiger partial charge in [-0.3, -0.25) is 4.79 Å². The van der Waals surface area contributed by atoms with E-state index in [1.807, 2.05) is 0 Å². The van der Waals surface area contributed by atoms with E-state index in [2.05, 4.69) is 10.0 Å². The number of nitrogens with one attached hydrogen (secondary N) is 2. The molecule has 1 aromatic heterocycles. The molecule has 1 aliphatic carbocycles. The van der Waals surface area contributed by atoms with E-state index in [-0.39, 0.29) is 16.8 Å². The van der Waals surface area contributed by atoms with Crippen molar-refractivity contribution in [1.29, 1.82) is 0 Å². The average Bonchev–Trinajstić information content (AvgIpc) is 3.14. The van der Waals surface area contributed by atoms with Gasteiger partial charge in [-0.05, 0) is 55.3 Å². The molecule has 0 spiro atoms. The minimum Gasteiger partial charge on any atom is -0.465 e. The lowest BCUT2D eigenvalue weighted by atomic mass is 9.96. The summed E-state index contributed by atoms with van der Waals surface area (Å²) in [5.41, 5.74) is 0.524. The predicted molar refractivity (Wildman–Crippen MR) is 100 cm³/mol. The first-order chi connectivity index (χ1) is 12.5. The lowest BCUT2D eigenvalue weighted by molar-refractivity contribution is -0.111. The van der Waals surface area contributed by atoms with Crippen LogP contribution in [0.25, 0.3) is 6.08 Å².